The third-order valence-electron chi connectivity index (χ3n) is 2.30. The second kappa shape index (κ2) is 3.78. The molecule has 0 radical (unpaired) electrons. The van der Waals surface area contributed by atoms with Crippen molar-refractivity contribution in [1.82, 2.24) is 4.90 Å². The fraction of sp³-hybridized carbons (Fsp3) is 0.889. The molecule has 2 atom stereocenters. The van der Waals surface area contributed by atoms with Crippen molar-refractivity contribution < 1.29 is 9.53 Å². The van der Waals surface area contributed by atoms with Crippen molar-refractivity contribution in [1.29, 1.82) is 0 Å². The van der Waals surface area contributed by atoms with E-state index in [9.17, 15) is 4.79 Å². The van der Waals surface area contributed by atoms with E-state index in [1.807, 2.05) is 0 Å². The molecular formula is C9H17NO2. The number of nitrogens with zero attached hydrogens (tertiary/aromatic N) is 1. The number of ether oxygens (including phenoxy) is 1. The Kier molecular flexibility index (Phi) is 2.95. The molecule has 3 heteroatoms. The first kappa shape index (κ1) is 9.36. The van der Waals surface area contributed by atoms with Crippen LogP contribution in [0.4, 0.5) is 4.79 Å². The lowest BCUT2D eigenvalue weighted by Crippen LogP contribution is -2.42. The van der Waals surface area contributed by atoms with Crippen molar-refractivity contribution in [2.75, 3.05) is 20.2 Å². The highest BCUT2D eigenvalue weighted by Gasteiger charge is 2.25. The summed E-state index contributed by atoms with van der Waals surface area (Å²) in [5, 5.41) is 0. The van der Waals surface area contributed by atoms with Gasteiger partial charge >= 0.3 is 6.09 Å². The molecule has 1 fully saturated rings. The highest BCUT2D eigenvalue weighted by molar-refractivity contribution is 5.67. The van der Waals surface area contributed by atoms with E-state index in [0.717, 1.165) is 13.1 Å². The van der Waals surface area contributed by atoms with Gasteiger partial charge < -0.3 is 9.64 Å². The van der Waals surface area contributed by atoms with Gasteiger partial charge in [-0.3, -0.25) is 0 Å². The van der Waals surface area contributed by atoms with Crippen LogP contribution >= 0.6 is 0 Å². The Hall–Kier alpha value is -0.730. The zero-order chi connectivity index (χ0) is 9.14. The van der Waals surface area contributed by atoms with Gasteiger partial charge in [0.2, 0.25) is 0 Å². The number of hydrogen-bond donors (Lipinski definition) is 0. The van der Waals surface area contributed by atoms with Gasteiger partial charge in [0.15, 0.2) is 0 Å². The van der Waals surface area contributed by atoms with E-state index in [1.54, 1.807) is 4.90 Å². The maximum absolute atomic E-state index is 11.2. The SMILES string of the molecule is COC(=O)N1C[C@H](C)C[C@H](C)C1. The molecule has 0 saturated carbocycles. The summed E-state index contributed by atoms with van der Waals surface area (Å²) in [5.41, 5.74) is 0. The van der Waals surface area contributed by atoms with Crippen LogP contribution in [0.25, 0.3) is 0 Å². The Balaban J connectivity index is 2.49. The fourth-order valence-electron chi connectivity index (χ4n) is 1.94. The highest BCUT2D eigenvalue weighted by atomic mass is 16.5. The molecule has 0 spiro atoms. The quantitative estimate of drug-likeness (QED) is 0.555. The van der Waals surface area contributed by atoms with Gasteiger partial charge in [-0.25, -0.2) is 4.79 Å². The van der Waals surface area contributed by atoms with Crippen LogP contribution in [0.2, 0.25) is 0 Å². The molecular weight excluding hydrogens is 154 g/mol. The van der Waals surface area contributed by atoms with Crippen LogP contribution in [0.3, 0.4) is 0 Å². The van der Waals surface area contributed by atoms with Crippen LogP contribution in [0, 0.1) is 11.8 Å². The van der Waals surface area contributed by atoms with Crippen molar-refractivity contribution >= 4 is 6.09 Å². The summed E-state index contributed by atoms with van der Waals surface area (Å²) >= 11 is 0. The van der Waals surface area contributed by atoms with Crippen LogP contribution in [-0.2, 0) is 4.74 Å². The normalized spacial score (nSPS) is 30.1. The molecule has 1 amide bonds. The number of amides is 1. The van der Waals surface area contributed by atoms with Crippen LogP contribution in [0.1, 0.15) is 20.3 Å². The second-order valence-corrected chi connectivity index (χ2v) is 3.82. The minimum atomic E-state index is -0.187. The van der Waals surface area contributed by atoms with Crippen LogP contribution < -0.4 is 0 Å². The van der Waals surface area contributed by atoms with Crippen LogP contribution in [0.5, 0.6) is 0 Å². The molecule has 70 valence electrons. The van der Waals surface area contributed by atoms with Crippen molar-refractivity contribution in [2.45, 2.75) is 20.3 Å². The van der Waals surface area contributed by atoms with Gasteiger partial charge in [-0.15, -0.1) is 0 Å². The summed E-state index contributed by atoms with van der Waals surface area (Å²) in [7, 11) is 1.44. The van der Waals surface area contributed by atoms with Crippen LogP contribution in [-0.4, -0.2) is 31.2 Å². The Morgan fingerprint density at radius 1 is 1.33 bits per heavy atom. The third-order valence-corrected chi connectivity index (χ3v) is 2.30. The monoisotopic (exact) mass is 171 g/mol. The lowest BCUT2D eigenvalue weighted by Gasteiger charge is -2.33. The molecule has 0 aromatic rings. The standard InChI is InChI=1S/C9H17NO2/c1-7-4-8(2)6-10(5-7)9(11)12-3/h7-8H,4-6H2,1-3H3/t7-,8+. The largest absolute Gasteiger partial charge is 0.453 e. The average molecular weight is 171 g/mol. The van der Waals surface area contributed by atoms with Gasteiger partial charge in [-0.1, -0.05) is 13.8 Å². The molecule has 0 aromatic carbocycles. The van der Waals surface area contributed by atoms with E-state index in [4.69, 9.17) is 0 Å². The molecule has 0 bridgehead atoms. The molecule has 3 nitrogen and oxygen atoms in total. The summed E-state index contributed by atoms with van der Waals surface area (Å²) in [6, 6.07) is 0. The van der Waals surface area contributed by atoms with E-state index in [-0.39, 0.29) is 6.09 Å². The maximum atomic E-state index is 11.2. The predicted molar refractivity (Wildman–Crippen MR) is 46.9 cm³/mol. The highest BCUT2D eigenvalue weighted by Crippen LogP contribution is 2.20. The van der Waals surface area contributed by atoms with Crippen molar-refractivity contribution in [3.63, 3.8) is 0 Å². The number of likely N-dealkylation sites (tertiary alicyclic amines) is 1. The first-order valence-electron chi connectivity index (χ1n) is 4.46. The second-order valence-electron chi connectivity index (χ2n) is 3.82. The van der Waals surface area contributed by atoms with E-state index < -0.39 is 0 Å². The first-order chi connectivity index (χ1) is 5.63. The Bertz CT molecular complexity index is 160. The number of piperidine rings is 1. The third kappa shape index (κ3) is 2.13. The zero-order valence-corrected chi connectivity index (χ0v) is 8.04. The maximum Gasteiger partial charge on any atom is 0.409 e. The van der Waals surface area contributed by atoms with Gasteiger partial charge in [-0.05, 0) is 18.3 Å². The van der Waals surface area contributed by atoms with Gasteiger partial charge in [0, 0.05) is 13.1 Å². The summed E-state index contributed by atoms with van der Waals surface area (Å²) < 4.78 is 4.67. The number of rotatable bonds is 0. The Morgan fingerprint density at radius 3 is 2.25 bits per heavy atom. The molecule has 0 aliphatic carbocycles. The predicted octanol–water partition coefficient (Wildman–Crippen LogP) is 1.73. The number of hydrogen-bond acceptors (Lipinski definition) is 2. The molecule has 1 heterocycles. The molecule has 0 aromatic heterocycles. The Morgan fingerprint density at radius 2 is 1.83 bits per heavy atom. The van der Waals surface area contributed by atoms with Gasteiger partial charge in [0.25, 0.3) is 0 Å². The minimum Gasteiger partial charge on any atom is -0.453 e. The van der Waals surface area contributed by atoms with Gasteiger partial charge in [-0.2, -0.15) is 0 Å². The number of carbonyl (C=O) groups is 1. The van der Waals surface area contributed by atoms with E-state index in [0.29, 0.717) is 11.8 Å². The number of carbonyl (C=O) groups excluding carboxylic acids is 1. The topological polar surface area (TPSA) is 29.5 Å². The molecule has 0 N–H and O–H groups in total. The summed E-state index contributed by atoms with van der Waals surface area (Å²) in [5.74, 6) is 1.21. The minimum absolute atomic E-state index is 0.187. The zero-order valence-electron chi connectivity index (χ0n) is 8.04. The van der Waals surface area contributed by atoms with Crippen molar-refractivity contribution in [3.05, 3.63) is 0 Å². The molecule has 1 saturated heterocycles. The molecule has 12 heavy (non-hydrogen) atoms. The lowest BCUT2D eigenvalue weighted by atomic mass is 9.92. The van der Waals surface area contributed by atoms with E-state index >= 15 is 0 Å². The summed E-state index contributed by atoms with van der Waals surface area (Å²) in [4.78, 5) is 13.0. The summed E-state index contributed by atoms with van der Waals surface area (Å²) in [6.07, 6.45) is 1.03. The molecule has 1 aliphatic rings. The summed E-state index contributed by atoms with van der Waals surface area (Å²) in [6.45, 7) is 6.03. The van der Waals surface area contributed by atoms with E-state index in [1.165, 1.54) is 13.5 Å². The molecule has 1 aliphatic heterocycles. The average Bonchev–Trinajstić information content (AvgIpc) is 2.01. The fourth-order valence-corrected chi connectivity index (χ4v) is 1.94. The van der Waals surface area contributed by atoms with E-state index in [2.05, 4.69) is 18.6 Å². The molecule has 0 unspecified atom stereocenters. The number of methoxy groups -OCH3 is 1. The van der Waals surface area contributed by atoms with Crippen molar-refractivity contribution in [3.8, 4) is 0 Å². The van der Waals surface area contributed by atoms with Gasteiger partial charge in [0.1, 0.15) is 0 Å². The lowest BCUT2D eigenvalue weighted by molar-refractivity contribution is 0.0902. The van der Waals surface area contributed by atoms with Crippen LogP contribution in [0.15, 0.2) is 0 Å². The molecule has 1 rings (SSSR count). The van der Waals surface area contributed by atoms with Gasteiger partial charge in [0.05, 0.1) is 7.11 Å². The Labute approximate surface area is 73.7 Å². The van der Waals surface area contributed by atoms with Crippen molar-refractivity contribution in [2.24, 2.45) is 11.8 Å². The smallest absolute Gasteiger partial charge is 0.409 e. The first-order valence-corrected chi connectivity index (χ1v) is 4.46.